The molecule has 0 aromatic heterocycles. The second kappa shape index (κ2) is 4.31. The van der Waals surface area contributed by atoms with Crippen molar-refractivity contribution in [2.45, 2.75) is 19.8 Å². The number of rotatable bonds is 3. The number of hydrogen-bond acceptors (Lipinski definition) is 3. The molecule has 0 aromatic carbocycles. The van der Waals surface area contributed by atoms with Gasteiger partial charge in [-0.05, 0) is 12.5 Å². The van der Waals surface area contributed by atoms with Gasteiger partial charge in [0.15, 0.2) is 5.78 Å². The summed E-state index contributed by atoms with van der Waals surface area (Å²) in [6.45, 7) is 1.91. The topological polar surface area (TPSA) is 47.3 Å². The Hall–Kier alpha value is -1.90. The highest BCUT2D eigenvalue weighted by molar-refractivity contribution is 6.01. The van der Waals surface area contributed by atoms with Crippen LogP contribution in [0.1, 0.15) is 30.1 Å². The van der Waals surface area contributed by atoms with Gasteiger partial charge < -0.3 is 4.42 Å². The van der Waals surface area contributed by atoms with Crippen molar-refractivity contribution in [2.24, 2.45) is 0 Å². The van der Waals surface area contributed by atoms with Gasteiger partial charge in [0.2, 0.25) is 0 Å². The van der Waals surface area contributed by atoms with Crippen molar-refractivity contribution in [3.63, 3.8) is 0 Å². The van der Waals surface area contributed by atoms with E-state index in [-0.39, 0.29) is 11.3 Å². The SMILES string of the molecule is CCCC(=O)c1c2cccccc-2oc1=O. The fourth-order valence-electron chi connectivity index (χ4n) is 1.70. The molecule has 2 aliphatic rings. The molecule has 0 amide bonds. The molecule has 3 nitrogen and oxygen atoms in total. The minimum atomic E-state index is -0.528. The Labute approximate surface area is 93.1 Å². The highest BCUT2D eigenvalue weighted by Crippen LogP contribution is 2.24. The maximum atomic E-state index is 11.8. The van der Waals surface area contributed by atoms with Gasteiger partial charge in [0.1, 0.15) is 11.3 Å². The zero-order valence-electron chi connectivity index (χ0n) is 9.03. The van der Waals surface area contributed by atoms with Crippen LogP contribution in [0.3, 0.4) is 0 Å². The average Bonchev–Trinajstić information content (AvgIpc) is 2.43. The van der Waals surface area contributed by atoms with Crippen molar-refractivity contribution < 1.29 is 9.21 Å². The smallest absolute Gasteiger partial charge is 0.347 e. The molecule has 0 radical (unpaired) electrons. The van der Waals surface area contributed by atoms with E-state index in [0.717, 1.165) is 6.42 Å². The van der Waals surface area contributed by atoms with Gasteiger partial charge in [0, 0.05) is 12.0 Å². The van der Waals surface area contributed by atoms with Gasteiger partial charge in [-0.1, -0.05) is 31.2 Å². The molecule has 0 unspecified atom stereocenters. The van der Waals surface area contributed by atoms with Crippen molar-refractivity contribution in [3.05, 3.63) is 46.3 Å². The second-order valence-corrected chi connectivity index (χ2v) is 3.63. The lowest BCUT2D eigenvalue weighted by molar-refractivity contribution is 0.0980. The number of carbonyl (C=O) groups is 1. The van der Waals surface area contributed by atoms with E-state index < -0.39 is 5.63 Å². The third-order valence-corrected chi connectivity index (χ3v) is 2.43. The maximum Gasteiger partial charge on any atom is 0.347 e. The summed E-state index contributed by atoms with van der Waals surface area (Å²) in [7, 11) is 0. The molecule has 0 saturated heterocycles. The highest BCUT2D eigenvalue weighted by Gasteiger charge is 2.21. The first-order valence-corrected chi connectivity index (χ1v) is 5.29. The lowest BCUT2D eigenvalue weighted by Crippen LogP contribution is -2.09. The van der Waals surface area contributed by atoms with Crippen molar-refractivity contribution in [2.75, 3.05) is 0 Å². The van der Waals surface area contributed by atoms with Gasteiger partial charge in [0.25, 0.3) is 0 Å². The van der Waals surface area contributed by atoms with Gasteiger partial charge in [-0.25, -0.2) is 4.79 Å². The van der Waals surface area contributed by atoms with Crippen LogP contribution in [0.15, 0.2) is 39.5 Å². The summed E-state index contributed by atoms with van der Waals surface area (Å²) in [5.74, 6) is 0.326. The lowest BCUT2D eigenvalue weighted by Gasteiger charge is -1.94. The summed E-state index contributed by atoms with van der Waals surface area (Å²) < 4.78 is 5.05. The van der Waals surface area contributed by atoms with Gasteiger partial charge in [-0.3, -0.25) is 4.79 Å². The van der Waals surface area contributed by atoms with Crippen LogP contribution in [-0.2, 0) is 0 Å². The number of ketones is 1. The third-order valence-electron chi connectivity index (χ3n) is 2.43. The summed E-state index contributed by atoms with van der Waals surface area (Å²) in [6.07, 6.45) is 1.10. The van der Waals surface area contributed by atoms with Gasteiger partial charge >= 0.3 is 5.63 Å². The van der Waals surface area contributed by atoms with Crippen LogP contribution < -0.4 is 5.63 Å². The maximum absolute atomic E-state index is 11.8. The van der Waals surface area contributed by atoms with Crippen molar-refractivity contribution in [1.82, 2.24) is 0 Å². The average molecular weight is 216 g/mol. The predicted octanol–water partition coefficient (Wildman–Crippen LogP) is 2.73. The number of Topliss-reactive ketones (excluding diaryl/α,β-unsaturated/α-hetero) is 1. The molecule has 1 aliphatic carbocycles. The molecule has 0 fully saturated rings. The highest BCUT2D eigenvalue weighted by atomic mass is 16.4. The van der Waals surface area contributed by atoms with Crippen LogP contribution in [0, 0.1) is 0 Å². The van der Waals surface area contributed by atoms with E-state index in [1.165, 1.54) is 0 Å². The first kappa shape index (κ1) is 10.6. The van der Waals surface area contributed by atoms with Crippen LogP contribution in [0.25, 0.3) is 11.3 Å². The van der Waals surface area contributed by atoms with E-state index in [4.69, 9.17) is 4.42 Å². The zero-order valence-corrected chi connectivity index (χ0v) is 9.03. The summed E-state index contributed by atoms with van der Waals surface area (Å²) >= 11 is 0. The van der Waals surface area contributed by atoms with Gasteiger partial charge in [-0.15, -0.1) is 0 Å². The van der Waals surface area contributed by atoms with Crippen molar-refractivity contribution >= 4 is 5.78 Å². The number of fused-ring (bicyclic) bond motifs is 1. The third kappa shape index (κ3) is 1.76. The number of carbonyl (C=O) groups excluding carboxylic acids is 1. The van der Waals surface area contributed by atoms with Crippen LogP contribution in [0.2, 0.25) is 0 Å². The van der Waals surface area contributed by atoms with E-state index in [1.54, 1.807) is 24.3 Å². The Bertz CT molecular complexity index is 539. The summed E-state index contributed by atoms with van der Waals surface area (Å²) in [5.41, 5.74) is 0.265. The Morgan fingerprint density at radius 1 is 1.25 bits per heavy atom. The monoisotopic (exact) mass is 216 g/mol. The molecule has 0 bridgehead atoms. The summed E-state index contributed by atoms with van der Waals surface area (Å²) in [6, 6.07) is 8.83. The molecule has 2 rings (SSSR count). The second-order valence-electron chi connectivity index (χ2n) is 3.63. The molecular formula is C13H12O3. The summed E-state index contributed by atoms with van der Waals surface area (Å²) in [4.78, 5) is 23.4. The Morgan fingerprint density at radius 2 is 2.00 bits per heavy atom. The predicted molar refractivity (Wildman–Crippen MR) is 60.8 cm³/mol. The minimum absolute atomic E-state index is 0.141. The molecule has 0 saturated carbocycles. The lowest BCUT2D eigenvalue weighted by atomic mass is 10.0. The molecular weight excluding hydrogens is 204 g/mol. The zero-order chi connectivity index (χ0) is 11.5. The molecule has 82 valence electrons. The van der Waals surface area contributed by atoms with E-state index >= 15 is 0 Å². The molecule has 3 heteroatoms. The normalized spacial score (nSPS) is 10.6. The minimum Gasteiger partial charge on any atom is -0.422 e. The van der Waals surface area contributed by atoms with Gasteiger partial charge in [-0.2, -0.15) is 0 Å². The first-order chi connectivity index (χ1) is 7.74. The van der Waals surface area contributed by atoms with E-state index in [0.29, 0.717) is 17.7 Å². The molecule has 0 N–H and O–H groups in total. The number of hydrogen-bond donors (Lipinski definition) is 0. The molecule has 1 heterocycles. The molecule has 16 heavy (non-hydrogen) atoms. The van der Waals surface area contributed by atoms with Crippen LogP contribution in [-0.4, -0.2) is 5.78 Å². The Kier molecular flexibility index (Phi) is 2.86. The fraction of sp³-hybridized carbons (Fsp3) is 0.231. The standard InChI is InChI=1S/C13H12O3/c1-2-6-10(14)12-9-7-4-3-5-8-11(9)16-13(12)15/h3-5,7-8H,2,6H2,1H3. The van der Waals surface area contributed by atoms with E-state index in [1.807, 2.05) is 13.0 Å². The number of furan rings is 1. The Morgan fingerprint density at radius 3 is 2.75 bits per heavy atom. The van der Waals surface area contributed by atoms with Crippen LogP contribution in [0.5, 0.6) is 0 Å². The Balaban J connectivity index is 2.61. The van der Waals surface area contributed by atoms with Crippen LogP contribution >= 0.6 is 0 Å². The van der Waals surface area contributed by atoms with Crippen molar-refractivity contribution in [1.29, 1.82) is 0 Å². The molecule has 0 spiro atoms. The van der Waals surface area contributed by atoms with E-state index in [2.05, 4.69) is 0 Å². The van der Waals surface area contributed by atoms with Gasteiger partial charge in [0.05, 0.1) is 0 Å². The first-order valence-electron chi connectivity index (χ1n) is 5.29. The van der Waals surface area contributed by atoms with E-state index in [9.17, 15) is 9.59 Å². The summed E-state index contributed by atoms with van der Waals surface area (Å²) in [5, 5.41) is 0. The molecule has 0 aromatic rings. The quantitative estimate of drug-likeness (QED) is 0.741. The van der Waals surface area contributed by atoms with Crippen molar-refractivity contribution in [3.8, 4) is 11.3 Å². The molecule has 0 atom stereocenters. The van der Waals surface area contributed by atoms with Crippen LogP contribution in [0.4, 0.5) is 0 Å². The largest absolute Gasteiger partial charge is 0.422 e. The fourth-order valence-corrected chi connectivity index (χ4v) is 1.70. The molecule has 1 aliphatic heterocycles.